The van der Waals surface area contributed by atoms with Crippen LogP contribution in [0.4, 0.5) is 5.82 Å². The van der Waals surface area contributed by atoms with Crippen LogP contribution in [-0.4, -0.2) is 60.2 Å². The summed E-state index contributed by atoms with van der Waals surface area (Å²) in [4.78, 5) is 8.82. The number of nitrogens with zero attached hydrogens (tertiary/aromatic N) is 4. The molecule has 2 rings (SSSR count). The highest BCUT2D eigenvalue weighted by Gasteiger charge is 2.29. The Morgan fingerprint density at radius 1 is 1.38 bits per heavy atom. The first-order valence-corrected chi connectivity index (χ1v) is 10.0. The highest BCUT2D eigenvalue weighted by atomic mass is 32.2. The van der Waals surface area contributed by atoms with Gasteiger partial charge in [0.25, 0.3) is 10.2 Å². The highest BCUT2D eigenvalue weighted by molar-refractivity contribution is 7.86. The van der Waals surface area contributed by atoms with Crippen molar-refractivity contribution in [1.29, 1.82) is 0 Å². The Morgan fingerprint density at radius 2 is 2.12 bits per heavy atom. The summed E-state index contributed by atoms with van der Waals surface area (Å²) in [6.07, 6.45) is 6.63. The molecule has 0 saturated carbocycles. The lowest BCUT2D eigenvalue weighted by Gasteiger charge is -2.27. The maximum absolute atomic E-state index is 12.5. The van der Waals surface area contributed by atoms with Gasteiger partial charge >= 0.3 is 0 Å². The number of aromatic nitrogens is 2. The largest absolute Gasteiger partial charge is 0.366 e. The fourth-order valence-corrected chi connectivity index (χ4v) is 4.12. The summed E-state index contributed by atoms with van der Waals surface area (Å²) >= 11 is 0. The van der Waals surface area contributed by atoms with E-state index >= 15 is 0 Å². The van der Waals surface area contributed by atoms with Crippen molar-refractivity contribution in [3.8, 4) is 0 Å². The van der Waals surface area contributed by atoms with Gasteiger partial charge in [-0.1, -0.05) is 19.8 Å². The highest BCUT2D eigenvalue weighted by Crippen LogP contribution is 2.21. The van der Waals surface area contributed by atoms with Crippen molar-refractivity contribution in [2.75, 3.05) is 32.5 Å². The van der Waals surface area contributed by atoms with Crippen molar-refractivity contribution >= 4 is 16.0 Å². The van der Waals surface area contributed by atoms with Crippen LogP contribution in [0.2, 0.25) is 0 Å². The molecule has 1 atom stereocenters. The van der Waals surface area contributed by atoms with Crippen LogP contribution in [-0.2, 0) is 16.6 Å². The summed E-state index contributed by atoms with van der Waals surface area (Å²) < 4.78 is 27.8. The summed E-state index contributed by atoms with van der Waals surface area (Å²) in [6, 6.07) is 0.0622. The first kappa shape index (κ1) is 19.1. The number of rotatable bonds is 6. The molecule has 1 aromatic rings. The Morgan fingerprint density at radius 3 is 2.79 bits per heavy atom. The molecule has 1 aliphatic heterocycles. The van der Waals surface area contributed by atoms with Crippen molar-refractivity contribution in [3.05, 3.63) is 17.6 Å². The zero-order chi connectivity index (χ0) is 17.7. The Labute approximate surface area is 145 Å². The molecular weight excluding hydrogens is 326 g/mol. The van der Waals surface area contributed by atoms with E-state index < -0.39 is 10.2 Å². The predicted octanol–water partition coefficient (Wildman–Crippen LogP) is 1.81. The van der Waals surface area contributed by atoms with E-state index in [-0.39, 0.29) is 6.04 Å². The lowest BCUT2D eigenvalue weighted by atomic mass is 10.1. The van der Waals surface area contributed by atoms with Crippen LogP contribution in [0.3, 0.4) is 0 Å². The van der Waals surface area contributed by atoms with E-state index in [1.165, 1.54) is 4.31 Å². The molecule has 1 aromatic heterocycles. The molecule has 8 heteroatoms. The van der Waals surface area contributed by atoms with Gasteiger partial charge in [-0.3, -0.25) is 0 Å². The third-order valence-corrected chi connectivity index (χ3v) is 6.17. The van der Waals surface area contributed by atoms with Gasteiger partial charge in [-0.15, -0.1) is 0 Å². The predicted molar refractivity (Wildman–Crippen MR) is 96.2 cm³/mol. The zero-order valence-corrected chi connectivity index (χ0v) is 15.9. The van der Waals surface area contributed by atoms with E-state index in [0.717, 1.165) is 49.3 Å². The molecule has 1 saturated heterocycles. The summed E-state index contributed by atoms with van der Waals surface area (Å²) in [5, 5.41) is 3.48. The van der Waals surface area contributed by atoms with Crippen LogP contribution in [0, 0.1) is 6.92 Å². The molecule has 0 amide bonds. The average molecular weight is 356 g/mol. The summed E-state index contributed by atoms with van der Waals surface area (Å²) in [5.74, 6) is 1.57. The Hall–Kier alpha value is -1.25. The van der Waals surface area contributed by atoms with Crippen molar-refractivity contribution in [3.63, 3.8) is 0 Å². The number of aryl methyl sites for hydroxylation is 2. The SMILES string of the molecule is CCCc1cnc(C)nc1N[C@@H]1CCCCN(S(=O)(=O)N(C)C)C1. The number of hydrogen-bond donors (Lipinski definition) is 1. The van der Waals surface area contributed by atoms with Crippen molar-refractivity contribution in [2.24, 2.45) is 0 Å². The van der Waals surface area contributed by atoms with E-state index in [9.17, 15) is 8.42 Å². The average Bonchev–Trinajstić information content (AvgIpc) is 2.76. The smallest absolute Gasteiger partial charge is 0.281 e. The zero-order valence-electron chi connectivity index (χ0n) is 15.1. The van der Waals surface area contributed by atoms with Crippen LogP contribution in [0.15, 0.2) is 6.20 Å². The molecule has 0 aliphatic carbocycles. The monoisotopic (exact) mass is 355 g/mol. The lowest BCUT2D eigenvalue weighted by molar-refractivity contribution is 0.376. The Balaban J connectivity index is 2.18. The fourth-order valence-electron chi connectivity index (χ4n) is 2.93. The molecule has 0 bridgehead atoms. The topological polar surface area (TPSA) is 78.4 Å². The van der Waals surface area contributed by atoms with Crippen LogP contribution < -0.4 is 5.32 Å². The molecule has 0 radical (unpaired) electrons. The summed E-state index contributed by atoms with van der Waals surface area (Å²) in [7, 11) is -0.225. The number of hydrogen-bond acceptors (Lipinski definition) is 5. The molecule has 0 spiro atoms. The number of anilines is 1. The Kier molecular flexibility index (Phi) is 6.54. The minimum atomic E-state index is -3.38. The minimum absolute atomic E-state index is 0.0622. The van der Waals surface area contributed by atoms with Gasteiger partial charge in [0, 0.05) is 45.0 Å². The van der Waals surface area contributed by atoms with Crippen LogP contribution in [0.25, 0.3) is 0 Å². The van der Waals surface area contributed by atoms with Gasteiger partial charge in [0.15, 0.2) is 0 Å². The molecule has 0 aromatic carbocycles. The molecule has 1 aliphatic rings. The van der Waals surface area contributed by atoms with Crippen LogP contribution in [0.5, 0.6) is 0 Å². The first-order valence-electron chi connectivity index (χ1n) is 8.61. The molecular formula is C16H29N5O2S. The maximum atomic E-state index is 12.5. The Bertz CT molecular complexity index is 648. The second-order valence-electron chi connectivity index (χ2n) is 6.53. The maximum Gasteiger partial charge on any atom is 0.281 e. The van der Waals surface area contributed by atoms with Crippen LogP contribution in [0.1, 0.15) is 44.0 Å². The van der Waals surface area contributed by atoms with Gasteiger partial charge in [-0.2, -0.15) is 17.0 Å². The van der Waals surface area contributed by atoms with Crippen molar-refractivity contribution in [2.45, 2.75) is 52.0 Å². The minimum Gasteiger partial charge on any atom is -0.366 e. The lowest BCUT2D eigenvalue weighted by Crippen LogP contribution is -2.44. The normalized spacial score (nSPS) is 20.1. The second-order valence-corrected chi connectivity index (χ2v) is 8.67. The van der Waals surface area contributed by atoms with E-state index in [4.69, 9.17) is 0 Å². The molecule has 2 heterocycles. The first-order chi connectivity index (χ1) is 11.3. The second kappa shape index (κ2) is 8.22. The van der Waals surface area contributed by atoms with E-state index in [1.807, 2.05) is 13.1 Å². The van der Waals surface area contributed by atoms with E-state index in [2.05, 4.69) is 22.2 Å². The van der Waals surface area contributed by atoms with Crippen molar-refractivity contribution in [1.82, 2.24) is 18.6 Å². The molecule has 1 N–H and O–H groups in total. The molecule has 136 valence electrons. The number of nitrogens with one attached hydrogen (secondary N) is 1. The van der Waals surface area contributed by atoms with Gasteiger partial charge in [-0.05, 0) is 26.2 Å². The molecule has 24 heavy (non-hydrogen) atoms. The van der Waals surface area contributed by atoms with Gasteiger partial charge in [0.2, 0.25) is 0 Å². The standard InChI is InChI=1S/C16H29N5O2S/c1-5-8-14-11-17-13(2)18-16(14)19-15-9-6-7-10-21(12-15)24(22,23)20(3)4/h11,15H,5-10,12H2,1-4H3,(H,17,18,19)/t15-/m1/s1. The fraction of sp³-hybridized carbons (Fsp3) is 0.750. The van der Waals surface area contributed by atoms with Crippen LogP contribution >= 0.6 is 0 Å². The van der Waals surface area contributed by atoms with E-state index in [1.54, 1.807) is 18.4 Å². The van der Waals surface area contributed by atoms with Gasteiger partial charge in [0.05, 0.1) is 0 Å². The quantitative estimate of drug-likeness (QED) is 0.842. The van der Waals surface area contributed by atoms with Crippen molar-refractivity contribution < 1.29 is 8.42 Å². The summed E-state index contributed by atoms with van der Waals surface area (Å²) in [5.41, 5.74) is 1.09. The molecule has 0 unspecified atom stereocenters. The third kappa shape index (κ3) is 4.64. The summed E-state index contributed by atoms with van der Waals surface area (Å²) in [6.45, 7) is 5.04. The molecule has 7 nitrogen and oxygen atoms in total. The van der Waals surface area contributed by atoms with Gasteiger partial charge in [0.1, 0.15) is 11.6 Å². The van der Waals surface area contributed by atoms with Gasteiger partial charge < -0.3 is 5.32 Å². The van der Waals surface area contributed by atoms with Gasteiger partial charge in [-0.25, -0.2) is 9.97 Å². The van der Waals surface area contributed by atoms with E-state index in [0.29, 0.717) is 13.1 Å². The third-order valence-electron chi connectivity index (χ3n) is 4.27. The molecule has 1 fully saturated rings.